The zero-order chi connectivity index (χ0) is 22.7. The van der Waals surface area contributed by atoms with Crippen molar-refractivity contribution in [2.45, 2.75) is 69.1 Å². The maximum atomic E-state index is 12.8. The average molecular weight is 468 g/mol. The number of alkyl carbamates (subject to hydrolysis) is 1. The Morgan fingerprint density at radius 1 is 1.00 bits per heavy atom. The number of nitrogens with one attached hydrogen (secondary N) is 3. The molecule has 32 heavy (non-hydrogen) atoms. The van der Waals surface area contributed by atoms with E-state index < -0.39 is 17.9 Å². The molecule has 0 aliphatic carbocycles. The normalized spacial score (nSPS) is 31.1. The number of rotatable bonds is 4. The number of piperidine rings is 2. The highest BCUT2D eigenvalue weighted by molar-refractivity contribution is 8.00. The Hall–Kier alpha value is -1.85. The zero-order valence-electron chi connectivity index (χ0n) is 18.5. The molecule has 4 unspecified atom stereocenters. The molecule has 4 aliphatic rings. The number of carbonyl (C=O) groups excluding carboxylic acids is 4. The van der Waals surface area contributed by atoms with Gasteiger partial charge in [0.1, 0.15) is 12.1 Å². The lowest BCUT2D eigenvalue weighted by Gasteiger charge is -2.30. The van der Waals surface area contributed by atoms with Gasteiger partial charge in [-0.25, -0.2) is 4.79 Å². The van der Waals surface area contributed by atoms with Crippen molar-refractivity contribution in [3.05, 3.63) is 0 Å². The second-order valence-corrected chi connectivity index (χ2v) is 10.3. The van der Waals surface area contributed by atoms with E-state index in [1.807, 2.05) is 0 Å². The van der Waals surface area contributed by atoms with Crippen molar-refractivity contribution in [2.75, 3.05) is 31.9 Å². The van der Waals surface area contributed by atoms with Crippen LogP contribution >= 0.6 is 11.8 Å². The fourth-order valence-electron chi connectivity index (χ4n) is 4.98. The van der Waals surface area contributed by atoms with Gasteiger partial charge in [0.05, 0.1) is 17.5 Å². The molecular formula is C21H33N5O5S. The van der Waals surface area contributed by atoms with E-state index in [1.54, 1.807) is 4.90 Å². The Morgan fingerprint density at radius 2 is 1.78 bits per heavy atom. The standard InChI is InChI=1S/C21H33N5O5S/c1-13(27)25-9-5-14(6-10-25)31-21(30)24-18(28)15-7-11-32-20(15)23-19(29)16-12-26-8-3-2-4-17(26)22-16/h14-17,20,22H,2-12H2,1H3,(H,23,29)(H,24,28,30). The molecule has 4 heterocycles. The van der Waals surface area contributed by atoms with Crippen molar-refractivity contribution < 1.29 is 23.9 Å². The van der Waals surface area contributed by atoms with E-state index in [0.29, 0.717) is 38.9 Å². The number of likely N-dealkylation sites (tertiary alicyclic amines) is 1. The van der Waals surface area contributed by atoms with Gasteiger partial charge >= 0.3 is 6.09 Å². The van der Waals surface area contributed by atoms with Crippen molar-refractivity contribution >= 4 is 35.6 Å². The first-order valence-electron chi connectivity index (χ1n) is 11.6. The maximum absolute atomic E-state index is 12.8. The second kappa shape index (κ2) is 10.4. The molecule has 3 N–H and O–H groups in total. The molecule has 4 aliphatic heterocycles. The summed E-state index contributed by atoms with van der Waals surface area (Å²) in [4.78, 5) is 53.2. The van der Waals surface area contributed by atoms with Crippen molar-refractivity contribution in [1.82, 2.24) is 25.8 Å². The van der Waals surface area contributed by atoms with Crippen LogP contribution in [-0.4, -0.2) is 89.2 Å². The molecule has 4 amide bonds. The lowest BCUT2D eigenvalue weighted by atomic mass is 10.1. The molecule has 10 nitrogen and oxygen atoms in total. The van der Waals surface area contributed by atoms with Gasteiger partial charge in [-0.3, -0.25) is 29.9 Å². The van der Waals surface area contributed by atoms with Gasteiger partial charge in [-0.15, -0.1) is 11.8 Å². The fourth-order valence-corrected chi connectivity index (χ4v) is 6.32. The van der Waals surface area contributed by atoms with Gasteiger partial charge in [-0.05, 0) is 38.0 Å². The number of ether oxygens (including phenoxy) is 1. The summed E-state index contributed by atoms with van der Waals surface area (Å²) in [5.74, 6) is -0.215. The third kappa shape index (κ3) is 5.55. The fraction of sp³-hybridized carbons (Fsp3) is 0.810. The van der Waals surface area contributed by atoms with Gasteiger partial charge < -0.3 is 15.0 Å². The zero-order valence-corrected chi connectivity index (χ0v) is 19.3. The molecule has 4 atom stereocenters. The Bertz CT molecular complexity index is 730. The highest BCUT2D eigenvalue weighted by atomic mass is 32.2. The van der Waals surface area contributed by atoms with Gasteiger partial charge in [-0.2, -0.15) is 0 Å². The SMILES string of the molecule is CC(=O)N1CCC(OC(=O)NC(=O)C2CCSC2NC(=O)C2CN3CCCCC3N2)CC1. The summed E-state index contributed by atoms with van der Waals surface area (Å²) in [6, 6.07) is -0.270. The molecule has 0 aromatic carbocycles. The molecule has 0 aromatic rings. The van der Waals surface area contributed by atoms with Crippen molar-refractivity contribution in [1.29, 1.82) is 0 Å². The van der Waals surface area contributed by atoms with Gasteiger partial charge in [0.25, 0.3) is 0 Å². The molecule has 0 bridgehead atoms. The smallest absolute Gasteiger partial charge is 0.414 e. The van der Waals surface area contributed by atoms with E-state index in [9.17, 15) is 19.2 Å². The summed E-state index contributed by atoms with van der Waals surface area (Å²) in [7, 11) is 0. The van der Waals surface area contributed by atoms with Gasteiger partial charge in [0, 0.05) is 39.4 Å². The highest BCUT2D eigenvalue weighted by Crippen LogP contribution is 2.31. The van der Waals surface area contributed by atoms with Crippen molar-refractivity contribution in [3.63, 3.8) is 0 Å². The van der Waals surface area contributed by atoms with E-state index in [-0.39, 0.29) is 35.5 Å². The molecule has 4 rings (SSSR count). The van der Waals surface area contributed by atoms with Crippen LogP contribution in [0.4, 0.5) is 4.79 Å². The van der Waals surface area contributed by atoms with Crippen LogP contribution in [0, 0.1) is 5.92 Å². The third-order valence-corrected chi connectivity index (χ3v) is 8.12. The number of carbonyl (C=O) groups is 4. The number of amides is 4. The van der Waals surface area contributed by atoms with Crippen LogP contribution in [0.15, 0.2) is 0 Å². The minimum Gasteiger partial charge on any atom is -0.446 e. The van der Waals surface area contributed by atoms with Crippen LogP contribution < -0.4 is 16.0 Å². The van der Waals surface area contributed by atoms with Gasteiger partial charge in [0.15, 0.2) is 0 Å². The minimum atomic E-state index is -0.757. The summed E-state index contributed by atoms with van der Waals surface area (Å²) < 4.78 is 5.38. The van der Waals surface area contributed by atoms with E-state index in [2.05, 4.69) is 20.9 Å². The summed E-state index contributed by atoms with van der Waals surface area (Å²) >= 11 is 1.53. The number of imide groups is 1. The van der Waals surface area contributed by atoms with E-state index in [4.69, 9.17) is 4.74 Å². The molecule has 0 spiro atoms. The molecule has 0 aromatic heterocycles. The summed E-state index contributed by atoms with van der Waals surface area (Å²) in [6.07, 6.45) is 4.32. The Labute approximate surface area is 192 Å². The first kappa shape index (κ1) is 23.3. The predicted molar refractivity (Wildman–Crippen MR) is 119 cm³/mol. The number of hydrogen-bond acceptors (Lipinski definition) is 8. The lowest BCUT2D eigenvalue weighted by molar-refractivity contribution is -0.130. The third-order valence-electron chi connectivity index (χ3n) is 6.84. The summed E-state index contributed by atoms with van der Waals surface area (Å²) in [5, 5.41) is 8.41. The molecule has 178 valence electrons. The van der Waals surface area contributed by atoms with E-state index >= 15 is 0 Å². The quantitative estimate of drug-likeness (QED) is 0.538. The largest absolute Gasteiger partial charge is 0.446 e. The summed E-state index contributed by atoms with van der Waals surface area (Å²) in [5.41, 5.74) is 0. The predicted octanol–water partition coefficient (Wildman–Crippen LogP) is 0.229. The highest BCUT2D eigenvalue weighted by Gasteiger charge is 2.40. The number of hydrogen-bond donors (Lipinski definition) is 3. The molecular weight excluding hydrogens is 434 g/mol. The van der Waals surface area contributed by atoms with Crippen LogP contribution in [0.3, 0.4) is 0 Å². The van der Waals surface area contributed by atoms with Crippen molar-refractivity contribution in [3.8, 4) is 0 Å². The molecule has 4 fully saturated rings. The number of fused-ring (bicyclic) bond motifs is 1. The Morgan fingerprint density at radius 3 is 2.50 bits per heavy atom. The van der Waals surface area contributed by atoms with Crippen LogP contribution in [0.2, 0.25) is 0 Å². The topological polar surface area (TPSA) is 120 Å². The number of thioether (sulfide) groups is 1. The van der Waals surface area contributed by atoms with Crippen LogP contribution in [0.25, 0.3) is 0 Å². The second-order valence-electron chi connectivity index (χ2n) is 9.02. The summed E-state index contributed by atoms with van der Waals surface area (Å²) in [6.45, 7) is 4.32. The Kier molecular flexibility index (Phi) is 7.57. The molecule has 0 radical (unpaired) electrons. The van der Waals surface area contributed by atoms with Gasteiger partial charge in [-0.1, -0.05) is 0 Å². The molecule has 4 saturated heterocycles. The Balaban J connectivity index is 1.22. The maximum Gasteiger partial charge on any atom is 0.414 e. The minimum absolute atomic E-state index is 0.0126. The average Bonchev–Trinajstić information content (AvgIpc) is 3.41. The van der Waals surface area contributed by atoms with Crippen LogP contribution in [0.5, 0.6) is 0 Å². The molecule has 11 heteroatoms. The van der Waals surface area contributed by atoms with E-state index in [1.165, 1.54) is 31.5 Å². The van der Waals surface area contributed by atoms with Crippen molar-refractivity contribution in [2.24, 2.45) is 5.92 Å². The van der Waals surface area contributed by atoms with Crippen LogP contribution in [0.1, 0.15) is 45.4 Å². The first-order valence-corrected chi connectivity index (χ1v) is 12.6. The molecule has 0 saturated carbocycles. The van der Waals surface area contributed by atoms with Gasteiger partial charge in [0.2, 0.25) is 17.7 Å². The lowest BCUT2D eigenvalue weighted by Crippen LogP contribution is -2.50. The van der Waals surface area contributed by atoms with E-state index in [0.717, 1.165) is 18.7 Å². The number of nitrogens with zero attached hydrogens (tertiary/aromatic N) is 2. The van der Waals surface area contributed by atoms with Crippen LogP contribution in [-0.2, 0) is 19.1 Å². The monoisotopic (exact) mass is 467 g/mol. The first-order chi connectivity index (χ1) is 15.4.